The van der Waals surface area contributed by atoms with Crippen molar-refractivity contribution < 1.29 is 9.72 Å². The first kappa shape index (κ1) is 12.8. The van der Waals surface area contributed by atoms with E-state index in [0.717, 1.165) is 5.56 Å². The predicted octanol–water partition coefficient (Wildman–Crippen LogP) is 2.74. The van der Waals surface area contributed by atoms with E-state index >= 15 is 0 Å². The molecule has 0 radical (unpaired) electrons. The largest absolute Gasteiger partial charge is 0.300 e. The third kappa shape index (κ3) is 3.41. The molecule has 0 aliphatic heterocycles. The maximum Gasteiger partial charge on any atom is 0.269 e. The fourth-order valence-corrected chi connectivity index (χ4v) is 2.03. The smallest absolute Gasteiger partial charge is 0.269 e. The fourth-order valence-electron chi connectivity index (χ4n) is 1.35. The van der Waals surface area contributed by atoms with Crippen LogP contribution in [0.25, 0.3) is 0 Å². The number of rotatable bonds is 5. The van der Waals surface area contributed by atoms with Gasteiger partial charge in [0.25, 0.3) is 5.69 Å². The maximum atomic E-state index is 11.2. The highest BCUT2D eigenvalue weighted by atomic mass is 79.9. The Bertz CT molecular complexity index is 389. The van der Waals surface area contributed by atoms with Crippen molar-refractivity contribution in [2.75, 3.05) is 5.33 Å². The lowest BCUT2D eigenvalue weighted by Crippen LogP contribution is -2.15. The molecule has 0 bridgehead atoms. The predicted molar refractivity (Wildman–Crippen MR) is 64.8 cm³/mol. The van der Waals surface area contributed by atoms with E-state index in [-0.39, 0.29) is 17.4 Å². The highest BCUT2D eigenvalue weighted by molar-refractivity contribution is 9.09. The summed E-state index contributed by atoms with van der Waals surface area (Å²) in [6, 6.07) is 6.30. The Labute approximate surface area is 102 Å². The average molecular weight is 286 g/mol. The van der Waals surface area contributed by atoms with E-state index < -0.39 is 4.92 Å². The van der Waals surface area contributed by atoms with Gasteiger partial charge in [-0.2, -0.15) is 0 Å². The van der Waals surface area contributed by atoms with Crippen LogP contribution in [-0.4, -0.2) is 16.0 Å². The maximum absolute atomic E-state index is 11.2. The zero-order valence-corrected chi connectivity index (χ0v) is 10.4. The summed E-state index contributed by atoms with van der Waals surface area (Å²) in [7, 11) is 0. The number of hydrogen-bond donors (Lipinski definition) is 0. The van der Waals surface area contributed by atoms with Gasteiger partial charge in [0.15, 0.2) is 0 Å². The average Bonchev–Trinajstić information content (AvgIpc) is 2.26. The number of nitro groups is 1. The van der Waals surface area contributed by atoms with Crippen LogP contribution in [0.2, 0.25) is 0 Å². The summed E-state index contributed by atoms with van der Waals surface area (Å²) in [5.74, 6) is 0.0525. The summed E-state index contributed by atoms with van der Waals surface area (Å²) in [5.41, 5.74) is 1.01. The summed E-state index contributed by atoms with van der Waals surface area (Å²) < 4.78 is 0. The number of carbonyl (C=O) groups excluding carboxylic acids is 1. The van der Waals surface area contributed by atoms with Gasteiger partial charge < -0.3 is 0 Å². The van der Waals surface area contributed by atoms with Crippen LogP contribution in [0, 0.1) is 16.0 Å². The zero-order chi connectivity index (χ0) is 12.1. The van der Waals surface area contributed by atoms with Crippen LogP contribution in [0.1, 0.15) is 12.5 Å². The molecule has 1 rings (SSSR count). The normalized spacial score (nSPS) is 12.1. The number of nitrogens with zero attached hydrogens (tertiary/aromatic N) is 1. The molecular formula is C11H12BrNO3. The molecule has 0 saturated carbocycles. The second-order valence-electron chi connectivity index (χ2n) is 3.59. The van der Waals surface area contributed by atoms with E-state index in [9.17, 15) is 14.9 Å². The number of non-ortho nitro benzene ring substituents is 1. The monoisotopic (exact) mass is 285 g/mol. The summed E-state index contributed by atoms with van der Waals surface area (Å²) in [6.07, 6.45) is 0.610. The molecule has 1 unspecified atom stereocenters. The Morgan fingerprint density at radius 3 is 2.38 bits per heavy atom. The molecule has 86 valence electrons. The molecule has 1 aromatic carbocycles. The molecule has 0 heterocycles. The first-order valence-corrected chi connectivity index (χ1v) is 5.96. The van der Waals surface area contributed by atoms with Crippen LogP contribution in [0.3, 0.4) is 0 Å². The molecule has 0 aliphatic rings. The molecule has 0 saturated heterocycles. The molecule has 0 aliphatic carbocycles. The van der Waals surface area contributed by atoms with Crippen molar-refractivity contribution in [3.63, 3.8) is 0 Å². The first-order valence-electron chi connectivity index (χ1n) is 4.84. The summed E-state index contributed by atoms with van der Waals surface area (Å²) in [6.45, 7) is 1.55. The quantitative estimate of drug-likeness (QED) is 0.475. The van der Waals surface area contributed by atoms with Gasteiger partial charge in [0.2, 0.25) is 0 Å². The highest BCUT2D eigenvalue weighted by Crippen LogP contribution is 2.16. The molecule has 0 fully saturated rings. The lowest BCUT2D eigenvalue weighted by Gasteiger charge is -2.09. The molecule has 0 N–H and O–H groups in total. The third-order valence-electron chi connectivity index (χ3n) is 2.39. The first-order chi connectivity index (χ1) is 7.54. The molecular weight excluding hydrogens is 274 g/mol. The third-order valence-corrected chi connectivity index (χ3v) is 3.17. The SMILES string of the molecule is CC(=O)C(CBr)Cc1ccc([N+](=O)[O-])cc1. The Hall–Kier alpha value is -1.23. The van der Waals surface area contributed by atoms with E-state index in [2.05, 4.69) is 15.9 Å². The van der Waals surface area contributed by atoms with Gasteiger partial charge in [-0.05, 0) is 18.9 Å². The van der Waals surface area contributed by atoms with Crippen LogP contribution < -0.4 is 0 Å². The van der Waals surface area contributed by atoms with E-state index in [1.165, 1.54) is 12.1 Å². The number of benzene rings is 1. The van der Waals surface area contributed by atoms with Crippen LogP contribution >= 0.6 is 15.9 Å². The second-order valence-corrected chi connectivity index (χ2v) is 4.24. The molecule has 0 aromatic heterocycles. The minimum atomic E-state index is -0.434. The molecule has 1 aromatic rings. The van der Waals surface area contributed by atoms with Crippen molar-refractivity contribution >= 4 is 27.4 Å². The zero-order valence-electron chi connectivity index (χ0n) is 8.85. The minimum absolute atomic E-state index is 0.0681. The molecule has 1 atom stereocenters. The standard InChI is InChI=1S/C11H12BrNO3/c1-8(14)10(7-12)6-9-2-4-11(5-3-9)13(15)16/h2-5,10H,6-7H2,1H3. The van der Waals surface area contributed by atoms with E-state index in [1.807, 2.05) is 0 Å². The van der Waals surface area contributed by atoms with Crippen LogP contribution in [-0.2, 0) is 11.2 Å². The van der Waals surface area contributed by atoms with Gasteiger partial charge in [-0.25, -0.2) is 0 Å². The number of hydrogen-bond acceptors (Lipinski definition) is 3. The van der Waals surface area contributed by atoms with Crippen LogP contribution in [0.15, 0.2) is 24.3 Å². The second kappa shape index (κ2) is 5.75. The minimum Gasteiger partial charge on any atom is -0.300 e. The Balaban J connectivity index is 2.75. The number of alkyl halides is 1. The van der Waals surface area contributed by atoms with Gasteiger partial charge in [-0.3, -0.25) is 14.9 Å². The highest BCUT2D eigenvalue weighted by Gasteiger charge is 2.14. The topological polar surface area (TPSA) is 60.2 Å². The van der Waals surface area contributed by atoms with Gasteiger partial charge in [0.1, 0.15) is 5.78 Å². The van der Waals surface area contributed by atoms with Crippen LogP contribution in [0.4, 0.5) is 5.69 Å². The molecule has 0 amide bonds. The van der Waals surface area contributed by atoms with Crippen molar-refractivity contribution in [2.45, 2.75) is 13.3 Å². The Kier molecular flexibility index (Phi) is 4.61. The molecule has 16 heavy (non-hydrogen) atoms. The van der Waals surface area contributed by atoms with Crippen molar-refractivity contribution in [3.8, 4) is 0 Å². The number of nitro benzene ring substituents is 1. The lowest BCUT2D eigenvalue weighted by atomic mass is 9.98. The lowest BCUT2D eigenvalue weighted by molar-refractivity contribution is -0.384. The molecule has 5 heteroatoms. The van der Waals surface area contributed by atoms with Crippen molar-refractivity contribution in [1.82, 2.24) is 0 Å². The van der Waals surface area contributed by atoms with Crippen molar-refractivity contribution in [1.29, 1.82) is 0 Å². The van der Waals surface area contributed by atoms with Gasteiger partial charge in [0.05, 0.1) is 4.92 Å². The van der Waals surface area contributed by atoms with Gasteiger partial charge in [-0.15, -0.1) is 0 Å². The van der Waals surface area contributed by atoms with Crippen LogP contribution in [0.5, 0.6) is 0 Å². The summed E-state index contributed by atoms with van der Waals surface area (Å²) in [4.78, 5) is 21.2. The summed E-state index contributed by atoms with van der Waals surface area (Å²) >= 11 is 3.28. The Morgan fingerprint density at radius 1 is 1.44 bits per heavy atom. The van der Waals surface area contributed by atoms with Gasteiger partial charge >= 0.3 is 0 Å². The fraction of sp³-hybridized carbons (Fsp3) is 0.364. The number of Topliss-reactive ketones (excluding diaryl/α,β-unsaturated/α-hetero) is 1. The van der Waals surface area contributed by atoms with E-state index in [1.54, 1.807) is 19.1 Å². The number of halogens is 1. The molecule has 0 spiro atoms. The van der Waals surface area contributed by atoms with Crippen molar-refractivity contribution in [2.24, 2.45) is 5.92 Å². The van der Waals surface area contributed by atoms with E-state index in [0.29, 0.717) is 11.8 Å². The number of ketones is 1. The number of carbonyl (C=O) groups is 1. The summed E-state index contributed by atoms with van der Waals surface area (Å²) in [5, 5.41) is 11.1. The molecule has 4 nitrogen and oxygen atoms in total. The van der Waals surface area contributed by atoms with Gasteiger partial charge in [-0.1, -0.05) is 28.1 Å². The van der Waals surface area contributed by atoms with Gasteiger partial charge in [0, 0.05) is 23.4 Å². The van der Waals surface area contributed by atoms with E-state index in [4.69, 9.17) is 0 Å². The van der Waals surface area contributed by atoms with Crippen molar-refractivity contribution in [3.05, 3.63) is 39.9 Å². The Morgan fingerprint density at radius 2 is 2.00 bits per heavy atom.